The summed E-state index contributed by atoms with van der Waals surface area (Å²) in [6.07, 6.45) is 0.888. The standard InChI is InChI=1S/C52H35N3/c1-4-12-35(13-5-1)37-22-26-39(27-23-37)44-18-10-20-46-47-21-11-19-45(49(47)34-48(44)46)40-28-32-43(33-29-40)52-54-50(41-16-8-3-9-17-41)53-51(55-52)42-30-24-38(25-31-42)36-14-6-2-7-15-36/h1-33H,34H2. The lowest BCUT2D eigenvalue weighted by molar-refractivity contribution is 1.07. The third kappa shape index (κ3) is 6.22. The van der Waals surface area contributed by atoms with Gasteiger partial charge in [0.1, 0.15) is 0 Å². The number of hydrogen-bond acceptors (Lipinski definition) is 3. The summed E-state index contributed by atoms with van der Waals surface area (Å²) in [5, 5.41) is 0. The third-order valence-electron chi connectivity index (χ3n) is 10.7. The predicted molar refractivity (Wildman–Crippen MR) is 226 cm³/mol. The summed E-state index contributed by atoms with van der Waals surface area (Å²) in [7, 11) is 0. The molecule has 1 aliphatic rings. The Morgan fingerprint density at radius 1 is 0.218 bits per heavy atom. The van der Waals surface area contributed by atoms with E-state index in [1.165, 1.54) is 61.2 Å². The van der Waals surface area contributed by atoms with Crippen LogP contribution in [0.1, 0.15) is 11.1 Å². The van der Waals surface area contributed by atoms with Crippen LogP contribution in [0, 0.1) is 0 Å². The second-order valence-electron chi connectivity index (χ2n) is 14.0. The van der Waals surface area contributed by atoms with Gasteiger partial charge in [0, 0.05) is 16.7 Å². The molecule has 0 atom stereocenters. The van der Waals surface area contributed by atoms with Crippen molar-refractivity contribution >= 4 is 0 Å². The molecule has 8 aromatic carbocycles. The summed E-state index contributed by atoms with van der Waals surface area (Å²) in [5.74, 6) is 1.95. The van der Waals surface area contributed by atoms with Gasteiger partial charge >= 0.3 is 0 Å². The molecule has 9 aromatic rings. The van der Waals surface area contributed by atoms with Crippen LogP contribution in [0.3, 0.4) is 0 Å². The van der Waals surface area contributed by atoms with E-state index in [2.05, 4.69) is 164 Å². The van der Waals surface area contributed by atoms with Crippen molar-refractivity contribution in [1.29, 1.82) is 0 Å². The van der Waals surface area contributed by atoms with Crippen molar-refractivity contribution < 1.29 is 0 Å². The molecule has 0 N–H and O–H groups in total. The molecule has 1 aromatic heterocycles. The molecule has 0 amide bonds. The van der Waals surface area contributed by atoms with Gasteiger partial charge in [0.15, 0.2) is 17.5 Å². The monoisotopic (exact) mass is 701 g/mol. The van der Waals surface area contributed by atoms with E-state index >= 15 is 0 Å². The average Bonchev–Trinajstić information content (AvgIpc) is 3.67. The van der Waals surface area contributed by atoms with Crippen LogP contribution in [-0.4, -0.2) is 15.0 Å². The normalized spacial score (nSPS) is 11.6. The molecule has 0 saturated heterocycles. The second-order valence-corrected chi connectivity index (χ2v) is 14.0. The van der Waals surface area contributed by atoms with Crippen molar-refractivity contribution in [2.75, 3.05) is 0 Å². The molecule has 0 aliphatic heterocycles. The van der Waals surface area contributed by atoms with Gasteiger partial charge < -0.3 is 0 Å². The number of benzene rings is 8. The molecule has 0 fully saturated rings. The Morgan fingerprint density at radius 2 is 0.491 bits per heavy atom. The summed E-state index contributed by atoms with van der Waals surface area (Å²) in [5.41, 5.74) is 18.0. The minimum Gasteiger partial charge on any atom is -0.208 e. The van der Waals surface area contributed by atoms with Gasteiger partial charge in [-0.3, -0.25) is 0 Å². The van der Waals surface area contributed by atoms with Crippen LogP contribution in [0.15, 0.2) is 200 Å². The molecule has 0 bridgehead atoms. The predicted octanol–water partition coefficient (Wildman–Crippen LogP) is 13.1. The first-order valence-corrected chi connectivity index (χ1v) is 18.7. The topological polar surface area (TPSA) is 38.7 Å². The maximum atomic E-state index is 5.03. The fourth-order valence-corrected chi connectivity index (χ4v) is 7.84. The quantitative estimate of drug-likeness (QED) is 0.166. The van der Waals surface area contributed by atoms with Crippen LogP contribution in [0.2, 0.25) is 0 Å². The Labute approximate surface area is 321 Å². The van der Waals surface area contributed by atoms with Crippen molar-refractivity contribution in [1.82, 2.24) is 15.0 Å². The number of aromatic nitrogens is 3. The minimum atomic E-state index is 0.649. The van der Waals surface area contributed by atoms with Gasteiger partial charge in [0.25, 0.3) is 0 Å². The van der Waals surface area contributed by atoms with E-state index < -0.39 is 0 Å². The molecule has 1 aliphatic carbocycles. The lowest BCUT2D eigenvalue weighted by Gasteiger charge is -2.11. The van der Waals surface area contributed by atoms with Crippen molar-refractivity contribution in [3.8, 4) is 89.8 Å². The first-order chi connectivity index (χ1) is 27.2. The maximum Gasteiger partial charge on any atom is 0.164 e. The van der Waals surface area contributed by atoms with Crippen LogP contribution in [0.4, 0.5) is 0 Å². The fraction of sp³-hybridized carbons (Fsp3) is 0.0192. The van der Waals surface area contributed by atoms with Gasteiger partial charge in [-0.05, 0) is 73.2 Å². The first kappa shape index (κ1) is 32.4. The molecule has 55 heavy (non-hydrogen) atoms. The van der Waals surface area contributed by atoms with Crippen molar-refractivity contribution in [2.45, 2.75) is 6.42 Å². The summed E-state index contributed by atoms with van der Waals surface area (Å²) in [6.45, 7) is 0. The van der Waals surface area contributed by atoms with Crippen LogP contribution in [0.25, 0.3) is 89.8 Å². The third-order valence-corrected chi connectivity index (χ3v) is 10.7. The van der Waals surface area contributed by atoms with E-state index in [0.717, 1.165) is 28.7 Å². The zero-order valence-corrected chi connectivity index (χ0v) is 30.1. The number of hydrogen-bond donors (Lipinski definition) is 0. The molecule has 3 heteroatoms. The van der Waals surface area contributed by atoms with Crippen molar-refractivity contribution in [3.63, 3.8) is 0 Å². The highest BCUT2D eigenvalue weighted by Crippen LogP contribution is 2.45. The molecule has 0 radical (unpaired) electrons. The largest absolute Gasteiger partial charge is 0.208 e. The fourth-order valence-electron chi connectivity index (χ4n) is 7.84. The molecule has 0 spiro atoms. The second kappa shape index (κ2) is 14.0. The summed E-state index contributed by atoms with van der Waals surface area (Å²) < 4.78 is 0. The maximum absolute atomic E-state index is 5.03. The Balaban J connectivity index is 0.972. The summed E-state index contributed by atoms with van der Waals surface area (Å²) >= 11 is 0. The molecule has 10 rings (SSSR count). The highest BCUT2D eigenvalue weighted by molar-refractivity contribution is 5.90. The van der Waals surface area contributed by atoms with Crippen LogP contribution >= 0.6 is 0 Å². The van der Waals surface area contributed by atoms with Gasteiger partial charge in [-0.1, -0.05) is 200 Å². The van der Waals surface area contributed by atoms with Gasteiger partial charge in [0.2, 0.25) is 0 Å². The summed E-state index contributed by atoms with van der Waals surface area (Å²) in [4.78, 5) is 15.0. The highest BCUT2D eigenvalue weighted by Gasteiger charge is 2.24. The minimum absolute atomic E-state index is 0.649. The molecular weight excluding hydrogens is 667 g/mol. The van der Waals surface area contributed by atoms with E-state index in [4.69, 9.17) is 15.0 Å². The molecular formula is C52H35N3. The lowest BCUT2D eigenvalue weighted by Crippen LogP contribution is -2.00. The zero-order valence-electron chi connectivity index (χ0n) is 30.1. The Morgan fingerprint density at radius 3 is 0.873 bits per heavy atom. The zero-order chi connectivity index (χ0) is 36.6. The van der Waals surface area contributed by atoms with Crippen LogP contribution < -0.4 is 0 Å². The Kier molecular flexibility index (Phi) is 8.23. The summed E-state index contributed by atoms with van der Waals surface area (Å²) in [6, 6.07) is 70.7. The van der Waals surface area contributed by atoms with Crippen molar-refractivity contribution in [3.05, 3.63) is 211 Å². The smallest absolute Gasteiger partial charge is 0.164 e. The average molecular weight is 702 g/mol. The van der Waals surface area contributed by atoms with Gasteiger partial charge in [-0.2, -0.15) is 0 Å². The first-order valence-electron chi connectivity index (χ1n) is 18.7. The van der Waals surface area contributed by atoms with Crippen LogP contribution in [-0.2, 0) is 6.42 Å². The van der Waals surface area contributed by atoms with E-state index in [-0.39, 0.29) is 0 Å². The molecule has 1 heterocycles. The Hall–Kier alpha value is -7.23. The molecule has 0 saturated carbocycles. The number of nitrogens with zero attached hydrogens (tertiary/aromatic N) is 3. The van der Waals surface area contributed by atoms with Gasteiger partial charge in [-0.25, -0.2) is 15.0 Å². The highest BCUT2D eigenvalue weighted by atomic mass is 15.0. The Bertz CT molecular complexity index is 2780. The van der Waals surface area contributed by atoms with Gasteiger partial charge in [-0.15, -0.1) is 0 Å². The number of fused-ring (bicyclic) bond motifs is 3. The molecule has 0 unspecified atom stereocenters. The van der Waals surface area contributed by atoms with Crippen molar-refractivity contribution in [2.24, 2.45) is 0 Å². The lowest BCUT2D eigenvalue weighted by atomic mass is 9.94. The molecule has 3 nitrogen and oxygen atoms in total. The van der Waals surface area contributed by atoms with E-state index in [1.54, 1.807) is 0 Å². The van der Waals surface area contributed by atoms with E-state index in [9.17, 15) is 0 Å². The SMILES string of the molecule is c1ccc(-c2ccc(-c3nc(-c4ccccc4)nc(-c4ccc(-c5cccc6c5Cc5c(-c7ccc(-c8ccccc8)cc7)cccc5-6)cc4)n3)cc2)cc1. The van der Waals surface area contributed by atoms with Gasteiger partial charge in [0.05, 0.1) is 0 Å². The molecule has 258 valence electrons. The van der Waals surface area contributed by atoms with E-state index in [1.807, 2.05) is 36.4 Å². The van der Waals surface area contributed by atoms with Crippen LogP contribution in [0.5, 0.6) is 0 Å². The number of rotatable bonds is 7. The van der Waals surface area contributed by atoms with E-state index in [0.29, 0.717) is 17.5 Å².